The number of Topliss-reactive ketones (excluding diaryl/α,β-unsaturated/α-hetero) is 1. The van der Waals surface area contributed by atoms with Gasteiger partial charge in [0.25, 0.3) is 6.01 Å². The van der Waals surface area contributed by atoms with Gasteiger partial charge in [-0.15, -0.1) is 0 Å². The molecule has 0 amide bonds. The van der Waals surface area contributed by atoms with E-state index in [-0.39, 0.29) is 11.7 Å². The molecule has 1 N–H and O–H groups in total. The van der Waals surface area contributed by atoms with Gasteiger partial charge in [-0.2, -0.15) is 4.98 Å². The Bertz CT molecular complexity index is 677. The van der Waals surface area contributed by atoms with Crippen molar-refractivity contribution in [3.8, 4) is 0 Å². The predicted molar refractivity (Wildman–Crippen MR) is 115 cm³/mol. The molecule has 5 nitrogen and oxygen atoms in total. The van der Waals surface area contributed by atoms with Crippen molar-refractivity contribution in [1.29, 1.82) is 0 Å². The monoisotopic (exact) mass is 375 g/mol. The summed E-state index contributed by atoms with van der Waals surface area (Å²) >= 11 is 0. The Morgan fingerprint density at radius 3 is 2.37 bits per heavy atom. The molecule has 152 valence electrons. The molecule has 0 spiro atoms. The van der Waals surface area contributed by atoms with Gasteiger partial charge in [-0.3, -0.25) is 4.79 Å². The summed E-state index contributed by atoms with van der Waals surface area (Å²) in [6.07, 6.45) is 4.38. The van der Waals surface area contributed by atoms with Crippen LogP contribution in [-0.4, -0.2) is 37.4 Å². The number of carbonyl (C=O) groups excluding carboxylic acids is 1. The first-order valence-electron chi connectivity index (χ1n) is 10.3. The van der Waals surface area contributed by atoms with E-state index in [1.165, 1.54) is 25.9 Å². The molecule has 0 radical (unpaired) electrons. The number of anilines is 1. The van der Waals surface area contributed by atoms with Gasteiger partial charge in [-0.05, 0) is 57.0 Å². The predicted octanol–water partition coefficient (Wildman–Crippen LogP) is 5.30. The standard InChI is InChI=1S/C16H22N2O2.C6H15N/c1-5-9-18(4)16-17-13-8-7-12(10-14(13)20-16)15(19)11(3)6-2;1-3-5-7-6-4-2/h7-8,10-11H,5-6,9H2,1-4H3;7H,3-6H2,1-2H3. The zero-order chi connectivity index (χ0) is 20.2. The molecule has 1 heterocycles. The fourth-order valence-electron chi connectivity index (χ4n) is 2.61. The number of benzene rings is 1. The highest BCUT2D eigenvalue weighted by Gasteiger charge is 2.16. The third kappa shape index (κ3) is 7.33. The van der Waals surface area contributed by atoms with Crippen molar-refractivity contribution in [2.45, 2.75) is 60.3 Å². The van der Waals surface area contributed by atoms with Crippen LogP contribution in [0.1, 0.15) is 70.7 Å². The van der Waals surface area contributed by atoms with Crippen LogP contribution in [0.3, 0.4) is 0 Å². The lowest BCUT2D eigenvalue weighted by Crippen LogP contribution is -2.17. The Hall–Kier alpha value is -1.88. The summed E-state index contributed by atoms with van der Waals surface area (Å²) in [6, 6.07) is 6.11. The fourth-order valence-corrected chi connectivity index (χ4v) is 2.61. The van der Waals surface area contributed by atoms with E-state index in [1.54, 1.807) is 6.07 Å². The van der Waals surface area contributed by atoms with Crippen LogP contribution < -0.4 is 10.2 Å². The first kappa shape index (κ1) is 23.2. The van der Waals surface area contributed by atoms with E-state index >= 15 is 0 Å². The summed E-state index contributed by atoms with van der Waals surface area (Å²) in [5, 5.41) is 3.28. The van der Waals surface area contributed by atoms with E-state index in [0.717, 1.165) is 24.9 Å². The van der Waals surface area contributed by atoms with Gasteiger partial charge in [0.2, 0.25) is 0 Å². The van der Waals surface area contributed by atoms with E-state index in [2.05, 4.69) is 31.1 Å². The van der Waals surface area contributed by atoms with Gasteiger partial charge >= 0.3 is 0 Å². The Balaban J connectivity index is 0.000000445. The van der Waals surface area contributed by atoms with Crippen LogP contribution in [0.25, 0.3) is 11.1 Å². The second kappa shape index (κ2) is 12.5. The molecule has 0 saturated heterocycles. The van der Waals surface area contributed by atoms with E-state index in [9.17, 15) is 4.79 Å². The van der Waals surface area contributed by atoms with E-state index < -0.39 is 0 Å². The van der Waals surface area contributed by atoms with E-state index in [4.69, 9.17) is 4.42 Å². The number of rotatable bonds is 10. The van der Waals surface area contributed by atoms with Crippen molar-refractivity contribution >= 4 is 22.9 Å². The number of nitrogens with zero attached hydrogens (tertiary/aromatic N) is 2. The van der Waals surface area contributed by atoms with Gasteiger partial charge in [0.05, 0.1) is 0 Å². The molecule has 1 atom stereocenters. The van der Waals surface area contributed by atoms with Crippen molar-refractivity contribution in [3.05, 3.63) is 23.8 Å². The van der Waals surface area contributed by atoms with Crippen LogP contribution >= 0.6 is 0 Å². The topological polar surface area (TPSA) is 58.4 Å². The first-order valence-corrected chi connectivity index (χ1v) is 10.3. The Kier molecular flexibility index (Phi) is 10.7. The molecule has 2 aromatic rings. The number of fused-ring (bicyclic) bond motifs is 1. The highest BCUT2D eigenvalue weighted by molar-refractivity contribution is 6.00. The van der Waals surface area contributed by atoms with Gasteiger partial charge in [0, 0.05) is 25.1 Å². The molecule has 0 bridgehead atoms. The van der Waals surface area contributed by atoms with Crippen LogP contribution in [0.15, 0.2) is 22.6 Å². The zero-order valence-electron chi connectivity index (χ0n) is 18.0. The number of aromatic nitrogens is 1. The molecule has 0 fully saturated rings. The van der Waals surface area contributed by atoms with Gasteiger partial charge in [-0.25, -0.2) is 0 Å². The maximum atomic E-state index is 12.2. The quantitative estimate of drug-likeness (QED) is 0.451. The SMILES string of the molecule is CCCN(C)c1nc2ccc(C(=O)C(C)CC)cc2o1.CCCNCCC. The first-order chi connectivity index (χ1) is 13.0. The van der Waals surface area contributed by atoms with Crippen LogP contribution in [0, 0.1) is 5.92 Å². The third-order valence-corrected chi connectivity index (χ3v) is 4.46. The highest BCUT2D eigenvalue weighted by Crippen LogP contribution is 2.24. The maximum Gasteiger partial charge on any atom is 0.298 e. The number of nitrogens with one attached hydrogen (secondary N) is 1. The number of oxazole rings is 1. The smallest absolute Gasteiger partial charge is 0.298 e. The van der Waals surface area contributed by atoms with Crippen molar-refractivity contribution < 1.29 is 9.21 Å². The minimum atomic E-state index is 0.0395. The largest absolute Gasteiger partial charge is 0.423 e. The summed E-state index contributed by atoms with van der Waals surface area (Å²) < 4.78 is 5.75. The van der Waals surface area contributed by atoms with Gasteiger partial charge < -0.3 is 14.6 Å². The molecule has 2 rings (SSSR count). The molecule has 1 aromatic heterocycles. The van der Waals surface area contributed by atoms with E-state index in [1.807, 2.05) is 37.9 Å². The molecular formula is C22H37N3O2. The summed E-state index contributed by atoms with van der Waals surface area (Å²) in [4.78, 5) is 18.6. The average molecular weight is 376 g/mol. The number of hydrogen-bond donors (Lipinski definition) is 1. The van der Waals surface area contributed by atoms with E-state index in [0.29, 0.717) is 17.2 Å². The molecule has 0 aliphatic carbocycles. The lowest BCUT2D eigenvalue weighted by Gasteiger charge is -2.11. The molecule has 0 aliphatic rings. The average Bonchev–Trinajstić information content (AvgIpc) is 3.11. The van der Waals surface area contributed by atoms with Crippen LogP contribution in [0.2, 0.25) is 0 Å². The van der Waals surface area contributed by atoms with Gasteiger partial charge in [0.15, 0.2) is 11.4 Å². The summed E-state index contributed by atoms with van der Waals surface area (Å²) in [6.45, 7) is 13.7. The Labute approximate surface area is 164 Å². The number of ketones is 1. The van der Waals surface area contributed by atoms with Gasteiger partial charge in [-0.1, -0.05) is 34.6 Å². The van der Waals surface area contributed by atoms with Crippen molar-refractivity contribution in [2.24, 2.45) is 5.92 Å². The molecular weight excluding hydrogens is 338 g/mol. The number of carbonyl (C=O) groups is 1. The maximum absolute atomic E-state index is 12.2. The summed E-state index contributed by atoms with van der Waals surface area (Å²) in [5.74, 6) is 0.201. The Morgan fingerprint density at radius 1 is 1.15 bits per heavy atom. The lowest BCUT2D eigenvalue weighted by molar-refractivity contribution is 0.0927. The van der Waals surface area contributed by atoms with Crippen molar-refractivity contribution in [1.82, 2.24) is 10.3 Å². The van der Waals surface area contributed by atoms with Crippen LogP contribution in [0.5, 0.6) is 0 Å². The molecule has 1 unspecified atom stereocenters. The molecule has 0 aliphatic heterocycles. The molecule has 5 heteroatoms. The second-order valence-electron chi connectivity index (χ2n) is 7.02. The molecule has 0 saturated carbocycles. The minimum absolute atomic E-state index is 0.0395. The Morgan fingerprint density at radius 2 is 1.81 bits per heavy atom. The third-order valence-electron chi connectivity index (χ3n) is 4.46. The minimum Gasteiger partial charge on any atom is -0.423 e. The summed E-state index contributed by atoms with van der Waals surface area (Å²) in [7, 11) is 1.96. The number of hydrogen-bond acceptors (Lipinski definition) is 5. The summed E-state index contributed by atoms with van der Waals surface area (Å²) in [5.41, 5.74) is 2.17. The highest BCUT2D eigenvalue weighted by atomic mass is 16.4. The van der Waals surface area contributed by atoms with Crippen LogP contribution in [0.4, 0.5) is 6.01 Å². The van der Waals surface area contributed by atoms with Crippen LogP contribution in [-0.2, 0) is 0 Å². The molecule has 1 aromatic carbocycles. The molecule has 27 heavy (non-hydrogen) atoms. The van der Waals surface area contributed by atoms with Crippen molar-refractivity contribution in [2.75, 3.05) is 31.6 Å². The zero-order valence-corrected chi connectivity index (χ0v) is 18.0. The lowest BCUT2D eigenvalue weighted by atomic mass is 9.97. The second-order valence-corrected chi connectivity index (χ2v) is 7.02. The normalized spacial score (nSPS) is 11.8. The fraction of sp³-hybridized carbons (Fsp3) is 0.636. The van der Waals surface area contributed by atoms with Gasteiger partial charge in [0.1, 0.15) is 5.52 Å². The van der Waals surface area contributed by atoms with Crippen molar-refractivity contribution in [3.63, 3.8) is 0 Å².